The molecular weight excluding hydrogens is 350 g/mol. The summed E-state index contributed by atoms with van der Waals surface area (Å²) in [5.41, 5.74) is 3.55. The summed E-state index contributed by atoms with van der Waals surface area (Å²) < 4.78 is 0. The molecule has 0 aliphatic heterocycles. The molecule has 0 saturated heterocycles. The van der Waals surface area contributed by atoms with E-state index in [4.69, 9.17) is 0 Å². The van der Waals surface area contributed by atoms with Gasteiger partial charge in [0.2, 0.25) is 0 Å². The fourth-order valence-electron chi connectivity index (χ4n) is 2.40. The predicted octanol–water partition coefficient (Wildman–Crippen LogP) is 5.56. The lowest BCUT2D eigenvalue weighted by Gasteiger charge is -2.23. The first-order chi connectivity index (χ1) is 11.3. The summed E-state index contributed by atoms with van der Waals surface area (Å²) >= 11 is 3.45. The van der Waals surface area contributed by atoms with Crippen LogP contribution in [0.2, 0.25) is 0 Å². The van der Waals surface area contributed by atoms with Crippen LogP contribution in [0.4, 0.5) is 11.4 Å². The first kappa shape index (κ1) is 15.5. The summed E-state index contributed by atoms with van der Waals surface area (Å²) in [7, 11) is 0. The van der Waals surface area contributed by atoms with Crippen LogP contribution in [0.15, 0.2) is 84.9 Å². The van der Waals surface area contributed by atoms with Crippen molar-refractivity contribution in [3.63, 3.8) is 0 Å². The number of carbonyl (C=O) groups is 1. The summed E-state index contributed by atoms with van der Waals surface area (Å²) in [4.78, 5) is 14.8. The third-order valence-corrected chi connectivity index (χ3v) is 4.23. The van der Waals surface area contributed by atoms with Crippen molar-refractivity contribution in [3.8, 4) is 0 Å². The van der Waals surface area contributed by atoms with Gasteiger partial charge in [-0.15, -0.1) is 0 Å². The Morgan fingerprint density at radius 1 is 0.739 bits per heavy atom. The van der Waals surface area contributed by atoms with Crippen molar-refractivity contribution in [1.82, 2.24) is 0 Å². The Hall–Kier alpha value is -2.39. The van der Waals surface area contributed by atoms with Crippen LogP contribution in [0.25, 0.3) is 0 Å². The largest absolute Gasteiger partial charge is 0.277 e. The highest BCUT2D eigenvalue weighted by atomic mass is 79.9. The van der Waals surface area contributed by atoms with E-state index < -0.39 is 0 Å². The van der Waals surface area contributed by atoms with Gasteiger partial charge in [-0.05, 0) is 42.0 Å². The molecule has 0 fully saturated rings. The van der Waals surface area contributed by atoms with E-state index in [0.29, 0.717) is 5.56 Å². The maximum absolute atomic E-state index is 13.0. The van der Waals surface area contributed by atoms with E-state index in [1.54, 1.807) is 4.90 Å². The van der Waals surface area contributed by atoms with Crippen LogP contribution in [-0.4, -0.2) is 5.91 Å². The van der Waals surface area contributed by atoms with Gasteiger partial charge in [-0.3, -0.25) is 9.69 Å². The number of nitrogens with zero attached hydrogens (tertiary/aromatic N) is 1. The Morgan fingerprint density at radius 2 is 1.26 bits per heavy atom. The highest BCUT2D eigenvalue weighted by Gasteiger charge is 2.19. The Labute approximate surface area is 144 Å². The van der Waals surface area contributed by atoms with Crippen LogP contribution in [0.1, 0.15) is 15.9 Å². The number of benzene rings is 3. The molecule has 0 aromatic heterocycles. The van der Waals surface area contributed by atoms with E-state index >= 15 is 0 Å². The molecule has 0 atom stereocenters. The molecule has 0 N–H and O–H groups in total. The fourth-order valence-corrected chi connectivity index (χ4v) is 2.78. The van der Waals surface area contributed by atoms with Gasteiger partial charge in [0, 0.05) is 22.3 Å². The number of para-hydroxylation sites is 1. The molecule has 0 aliphatic rings. The summed E-state index contributed by atoms with van der Waals surface area (Å²) in [6.07, 6.45) is 0. The second-order valence-corrected chi connectivity index (χ2v) is 5.70. The van der Waals surface area contributed by atoms with Gasteiger partial charge < -0.3 is 0 Å². The predicted molar refractivity (Wildman–Crippen MR) is 98.4 cm³/mol. The number of alkyl halides is 1. The number of amides is 1. The van der Waals surface area contributed by atoms with Gasteiger partial charge in [-0.1, -0.05) is 64.5 Å². The molecule has 0 bridgehead atoms. The maximum atomic E-state index is 13.0. The molecule has 3 heteroatoms. The number of carbonyl (C=O) groups excluding carboxylic acids is 1. The van der Waals surface area contributed by atoms with Crippen LogP contribution in [0, 0.1) is 0 Å². The molecule has 0 saturated carbocycles. The Morgan fingerprint density at radius 3 is 1.83 bits per heavy atom. The molecule has 114 valence electrons. The molecule has 3 aromatic carbocycles. The molecule has 23 heavy (non-hydrogen) atoms. The highest BCUT2D eigenvalue weighted by Crippen LogP contribution is 2.28. The lowest BCUT2D eigenvalue weighted by atomic mass is 10.1. The maximum Gasteiger partial charge on any atom is 0.262 e. The van der Waals surface area contributed by atoms with Crippen LogP contribution < -0.4 is 4.90 Å². The fraction of sp³-hybridized carbons (Fsp3) is 0.0500. The molecule has 2 nitrogen and oxygen atoms in total. The summed E-state index contributed by atoms with van der Waals surface area (Å²) in [6, 6.07) is 27.1. The van der Waals surface area contributed by atoms with Crippen LogP contribution in [-0.2, 0) is 5.33 Å². The lowest BCUT2D eigenvalue weighted by Crippen LogP contribution is -2.25. The summed E-state index contributed by atoms with van der Waals surface area (Å²) in [5.74, 6) is -0.0385. The van der Waals surface area contributed by atoms with E-state index in [2.05, 4.69) is 15.9 Å². The first-order valence-electron chi connectivity index (χ1n) is 7.39. The monoisotopic (exact) mass is 365 g/mol. The van der Waals surface area contributed by atoms with Crippen molar-refractivity contribution in [2.75, 3.05) is 4.90 Å². The minimum atomic E-state index is -0.0385. The van der Waals surface area contributed by atoms with E-state index in [0.717, 1.165) is 16.7 Å². The molecule has 0 radical (unpaired) electrons. The van der Waals surface area contributed by atoms with Crippen molar-refractivity contribution in [2.45, 2.75) is 5.33 Å². The summed E-state index contributed by atoms with van der Waals surface area (Å²) in [6.45, 7) is 0. The standard InChI is InChI=1S/C20H16BrNO/c21-15-16-11-13-19(14-12-16)22(18-9-5-2-6-10-18)20(23)17-7-3-1-4-8-17/h1-14H,15H2. The second kappa shape index (κ2) is 7.25. The van der Waals surface area contributed by atoms with Gasteiger partial charge in [0.05, 0.1) is 0 Å². The number of rotatable bonds is 4. The highest BCUT2D eigenvalue weighted by molar-refractivity contribution is 9.08. The molecule has 0 aliphatic carbocycles. The topological polar surface area (TPSA) is 20.3 Å². The van der Waals surface area contributed by atoms with E-state index in [-0.39, 0.29) is 5.91 Å². The average molecular weight is 366 g/mol. The minimum Gasteiger partial charge on any atom is -0.277 e. The number of anilines is 2. The third kappa shape index (κ3) is 3.51. The molecule has 0 unspecified atom stereocenters. The first-order valence-corrected chi connectivity index (χ1v) is 8.51. The van der Waals surface area contributed by atoms with Gasteiger partial charge >= 0.3 is 0 Å². The number of halogens is 1. The zero-order valence-corrected chi connectivity index (χ0v) is 14.1. The van der Waals surface area contributed by atoms with Crippen molar-refractivity contribution in [1.29, 1.82) is 0 Å². The lowest BCUT2D eigenvalue weighted by molar-refractivity contribution is 0.0999. The third-order valence-electron chi connectivity index (χ3n) is 3.59. The van der Waals surface area contributed by atoms with Crippen LogP contribution >= 0.6 is 15.9 Å². The van der Waals surface area contributed by atoms with Crippen molar-refractivity contribution in [3.05, 3.63) is 96.1 Å². The van der Waals surface area contributed by atoms with Crippen molar-refractivity contribution >= 4 is 33.2 Å². The smallest absolute Gasteiger partial charge is 0.262 e. The Kier molecular flexibility index (Phi) is 4.89. The second-order valence-electron chi connectivity index (χ2n) is 5.14. The van der Waals surface area contributed by atoms with Gasteiger partial charge in [-0.2, -0.15) is 0 Å². The van der Waals surface area contributed by atoms with Gasteiger partial charge in [0.25, 0.3) is 5.91 Å². The van der Waals surface area contributed by atoms with Crippen molar-refractivity contribution in [2.24, 2.45) is 0 Å². The average Bonchev–Trinajstić information content (AvgIpc) is 2.64. The molecule has 0 heterocycles. The van der Waals surface area contributed by atoms with Gasteiger partial charge in [0.1, 0.15) is 0 Å². The van der Waals surface area contributed by atoms with Crippen LogP contribution in [0.3, 0.4) is 0 Å². The summed E-state index contributed by atoms with van der Waals surface area (Å²) in [5, 5.41) is 0.797. The van der Waals surface area contributed by atoms with Gasteiger partial charge in [-0.25, -0.2) is 0 Å². The SMILES string of the molecule is O=C(c1ccccc1)N(c1ccccc1)c1ccc(CBr)cc1. The quantitative estimate of drug-likeness (QED) is 0.554. The Balaban J connectivity index is 2.05. The Bertz CT molecular complexity index is 770. The van der Waals surface area contributed by atoms with E-state index in [1.807, 2.05) is 84.9 Å². The zero-order valence-electron chi connectivity index (χ0n) is 12.5. The minimum absolute atomic E-state index is 0.0385. The zero-order chi connectivity index (χ0) is 16.1. The molecule has 3 rings (SSSR count). The van der Waals surface area contributed by atoms with Crippen molar-refractivity contribution < 1.29 is 4.79 Å². The molecular formula is C20H16BrNO. The number of hydrogen-bond donors (Lipinski definition) is 0. The van der Waals surface area contributed by atoms with E-state index in [1.165, 1.54) is 5.56 Å². The molecule has 3 aromatic rings. The van der Waals surface area contributed by atoms with Gasteiger partial charge in [0.15, 0.2) is 0 Å². The molecule has 1 amide bonds. The molecule has 0 spiro atoms. The number of hydrogen-bond acceptors (Lipinski definition) is 1. The normalized spacial score (nSPS) is 10.3. The van der Waals surface area contributed by atoms with Crippen LogP contribution in [0.5, 0.6) is 0 Å². The van der Waals surface area contributed by atoms with E-state index in [9.17, 15) is 4.79 Å².